The van der Waals surface area contributed by atoms with Crippen LogP contribution in [-0.4, -0.2) is 9.97 Å². The Morgan fingerprint density at radius 2 is 0.812 bits per heavy atom. The third kappa shape index (κ3) is 16.3. The second kappa shape index (κ2) is 13.0. The minimum absolute atomic E-state index is 1.75. The number of nitrogens with zero attached hydrogens (tertiary/aromatic N) is 2. The van der Waals surface area contributed by atoms with Gasteiger partial charge in [0.1, 0.15) is 0 Å². The van der Waals surface area contributed by atoms with Crippen LogP contribution < -0.4 is 0 Å². The first-order valence-corrected chi connectivity index (χ1v) is 12.1. The fraction of sp³-hybridized carbons (Fsp3) is 0. The van der Waals surface area contributed by atoms with E-state index in [2.05, 4.69) is 9.97 Å². The Hall–Kier alpha value is -0.0897. The van der Waals surface area contributed by atoms with E-state index in [0.29, 0.717) is 0 Å². The van der Waals surface area contributed by atoms with Gasteiger partial charge < -0.3 is 0 Å². The van der Waals surface area contributed by atoms with E-state index >= 15 is 0 Å². The molecule has 0 aliphatic rings. The third-order valence-electron chi connectivity index (χ3n) is 1.13. The van der Waals surface area contributed by atoms with E-state index in [1.165, 1.54) is 0 Å². The topological polar surface area (TPSA) is 25.8 Å². The van der Waals surface area contributed by atoms with Gasteiger partial charge in [-0.2, -0.15) is 0 Å². The molecule has 0 atom stereocenters. The fourth-order valence-electron chi connectivity index (χ4n) is 0.625. The molecule has 0 unspecified atom stereocenters. The van der Waals surface area contributed by atoms with Crippen molar-refractivity contribution in [2.24, 2.45) is 0 Å². The molecule has 2 rings (SSSR count). The molecule has 0 N–H and O–H groups in total. The van der Waals surface area contributed by atoms with E-state index in [9.17, 15) is 0 Å². The second-order valence-corrected chi connectivity index (χ2v) is 11.6. The SMILES string of the molecule is [Cl][Au]([Cl])[Cl].c1ccncc1.c1ccncc1. The second-order valence-electron chi connectivity index (χ2n) is 2.18. The summed E-state index contributed by atoms with van der Waals surface area (Å²) in [7, 11) is 14.9. The van der Waals surface area contributed by atoms with E-state index in [-0.39, 0.29) is 0 Å². The van der Waals surface area contributed by atoms with Gasteiger partial charge >= 0.3 is 42.8 Å². The van der Waals surface area contributed by atoms with E-state index in [0.717, 1.165) is 0 Å². The number of hydrogen-bond acceptors (Lipinski definition) is 2. The van der Waals surface area contributed by atoms with E-state index in [4.69, 9.17) is 27.6 Å². The first-order chi connectivity index (χ1) is 7.73. The van der Waals surface area contributed by atoms with Crippen LogP contribution >= 0.6 is 27.6 Å². The maximum atomic E-state index is 4.95. The zero-order valence-corrected chi connectivity index (χ0v) is 12.5. The monoisotopic (exact) mass is 460 g/mol. The molecular weight excluding hydrogens is 451 g/mol. The molecule has 2 heterocycles. The zero-order valence-electron chi connectivity index (χ0n) is 8.10. The number of pyridine rings is 2. The molecule has 0 radical (unpaired) electrons. The van der Waals surface area contributed by atoms with Gasteiger partial charge in [0, 0.05) is 24.8 Å². The number of hydrogen-bond donors (Lipinski definition) is 0. The molecule has 0 spiro atoms. The molecule has 0 bridgehead atoms. The Bertz CT molecular complexity index is 234. The summed E-state index contributed by atoms with van der Waals surface area (Å²) in [4.78, 5) is 7.57. The molecule has 0 saturated carbocycles. The van der Waals surface area contributed by atoms with Crippen molar-refractivity contribution in [2.45, 2.75) is 0 Å². The van der Waals surface area contributed by atoms with Gasteiger partial charge in [-0.1, -0.05) is 12.1 Å². The fourth-order valence-corrected chi connectivity index (χ4v) is 0.625. The van der Waals surface area contributed by atoms with Gasteiger partial charge in [-0.15, -0.1) is 0 Å². The zero-order chi connectivity index (χ0) is 12.1. The Morgan fingerprint density at radius 3 is 0.875 bits per heavy atom. The summed E-state index contributed by atoms with van der Waals surface area (Å²) in [5, 5.41) is 0. The smallest absolute Gasteiger partial charge is 0.0267 e. The van der Waals surface area contributed by atoms with Crippen LogP contribution in [0.1, 0.15) is 0 Å². The summed E-state index contributed by atoms with van der Waals surface area (Å²) in [6.45, 7) is 0. The summed E-state index contributed by atoms with van der Waals surface area (Å²) in [5.74, 6) is 0. The van der Waals surface area contributed by atoms with Crippen LogP contribution in [0.5, 0.6) is 0 Å². The van der Waals surface area contributed by atoms with Gasteiger partial charge in [-0.3, -0.25) is 9.97 Å². The van der Waals surface area contributed by atoms with Crippen LogP contribution in [-0.2, 0) is 15.2 Å². The first kappa shape index (κ1) is 15.9. The van der Waals surface area contributed by atoms with Crippen LogP contribution in [0, 0.1) is 0 Å². The Labute approximate surface area is 113 Å². The van der Waals surface area contributed by atoms with Crippen molar-refractivity contribution < 1.29 is 15.2 Å². The predicted octanol–water partition coefficient (Wildman–Crippen LogP) is 4.23. The van der Waals surface area contributed by atoms with Crippen molar-refractivity contribution >= 4 is 27.6 Å². The average Bonchev–Trinajstić information content (AvgIpc) is 2.34. The molecule has 6 heteroatoms. The molecule has 16 heavy (non-hydrogen) atoms. The van der Waals surface area contributed by atoms with Crippen molar-refractivity contribution in [3.63, 3.8) is 0 Å². The molecular formula is C10H10AuCl3N2. The maximum absolute atomic E-state index is 4.95. The van der Waals surface area contributed by atoms with Crippen molar-refractivity contribution in [3.05, 3.63) is 61.2 Å². The summed E-state index contributed by atoms with van der Waals surface area (Å²) in [6.07, 6.45) is 7.00. The van der Waals surface area contributed by atoms with Crippen LogP contribution in [0.15, 0.2) is 61.2 Å². The van der Waals surface area contributed by atoms with Crippen LogP contribution in [0.25, 0.3) is 0 Å². The van der Waals surface area contributed by atoms with Gasteiger partial charge in [0.25, 0.3) is 0 Å². The molecule has 2 aromatic heterocycles. The summed E-state index contributed by atoms with van der Waals surface area (Å²) < 4.78 is 0. The molecule has 0 amide bonds. The molecule has 0 aliphatic carbocycles. The van der Waals surface area contributed by atoms with E-state index < -0.39 is 15.2 Å². The van der Waals surface area contributed by atoms with Gasteiger partial charge in [0.2, 0.25) is 0 Å². The molecule has 2 nitrogen and oxygen atoms in total. The predicted molar refractivity (Wildman–Crippen MR) is 66.0 cm³/mol. The number of rotatable bonds is 0. The largest absolute Gasteiger partial charge is 0.265 e. The maximum Gasteiger partial charge on any atom is 0.0267 e. The van der Waals surface area contributed by atoms with Crippen molar-refractivity contribution in [1.29, 1.82) is 0 Å². The van der Waals surface area contributed by atoms with Crippen LogP contribution in [0.4, 0.5) is 0 Å². The van der Waals surface area contributed by atoms with Crippen LogP contribution in [0.3, 0.4) is 0 Å². The molecule has 0 fully saturated rings. The molecule has 0 aromatic carbocycles. The molecule has 92 valence electrons. The van der Waals surface area contributed by atoms with Gasteiger partial charge in [-0.25, -0.2) is 0 Å². The molecule has 2 aromatic rings. The van der Waals surface area contributed by atoms with Gasteiger partial charge in [-0.05, 0) is 24.3 Å². The minimum Gasteiger partial charge on any atom is -0.265 e. The number of aromatic nitrogens is 2. The normalized spacial score (nSPS) is 8.81. The van der Waals surface area contributed by atoms with Gasteiger partial charge in [0.15, 0.2) is 0 Å². The molecule has 0 saturated heterocycles. The number of halogens is 3. The van der Waals surface area contributed by atoms with Crippen molar-refractivity contribution in [2.75, 3.05) is 0 Å². The van der Waals surface area contributed by atoms with E-state index in [1.54, 1.807) is 24.8 Å². The van der Waals surface area contributed by atoms with E-state index in [1.807, 2.05) is 36.4 Å². The summed E-state index contributed by atoms with van der Waals surface area (Å²) in [6, 6.07) is 11.4. The Kier molecular flexibility index (Phi) is 12.9. The first-order valence-electron chi connectivity index (χ1n) is 4.04. The quantitative estimate of drug-likeness (QED) is 0.549. The van der Waals surface area contributed by atoms with Crippen molar-refractivity contribution in [1.82, 2.24) is 9.97 Å². The molecule has 0 aliphatic heterocycles. The van der Waals surface area contributed by atoms with Gasteiger partial charge in [0.05, 0.1) is 0 Å². The standard InChI is InChI=1S/2C5H5N.Au.3ClH/c2*1-2-4-6-5-3-1;;;;/h2*1-5H;;3*1H/q;;+3;;;/p-3. The third-order valence-corrected chi connectivity index (χ3v) is 1.13. The minimum atomic E-state index is -1.79. The van der Waals surface area contributed by atoms with Crippen molar-refractivity contribution in [3.8, 4) is 0 Å². The summed E-state index contributed by atoms with van der Waals surface area (Å²) >= 11 is -1.79. The Balaban J connectivity index is 0.000000217. The summed E-state index contributed by atoms with van der Waals surface area (Å²) in [5.41, 5.74) is 0. The van der Waals surface area contributed by atoms with Crippen LogP contribution in [0.2, 0.25) is 0 Å². The average molecular weight is 462 g/mol. The Morgan fingerprint density at radius 1 is 0.562 bits per heavy atom.